The molecule has 0 saturated carbocycles. The summed E-state index contributed by atoms with van der Waals surface area (Å²) in [5, 5.41) is 1.88. The van der Waals surface area contributed by atoms with Crippen LogP contribution in [0.25, 0.3) is 0 Å². The molecule has 0 radical (unpaired) electrons. The number of rotatable bonds is 6. The summed E-state index contributed by atoms with van der Waals surface area (Å²) in [5.41, 5.74) is 1.16. The van der Waals surface area contributed by atoms with Crippen LogP contribution in [0, 0.1) is 0 Å². The lowest BCUT2D eigenvalue weighted by Gasteiger charge is -2.22. The highest BCUT2D eigenvalue weighted by atomic mass is 16.7. The zero-order valence-electron chi connectivity index (χ0n) is 11.2. The van der Waals surface area contributed by atoms with Crippen LogP contribution >= 0.6 is 0 Å². The van der Waals surface area contributed by atoms with Gasteiger partial charge in [0.2, 0.25) is 0 Å². The molecule has 2 rings (SSSR count). The van der Waals surface area contributed by atoms with Gasteiger partial charge in [-0.05, 0) is 36.8 Å². The van der Waals surface area contributed by atoms with Gasteiger partial charge in [-0.25, -0.2) is 0 Å². The van der Waals surface area contributed by atoms with Crippen molar-refractivity contribution in [2.24, 2.45) is 0 Å². The second-order valence-electron chi connectivity index (χ2n) is 4.05. The second-order valence-corrected chi connectivity index (χ2v) is 4.05. The zero-order chi connectivity index (χ0) is 13.5. The first-order chi connectivity index (χ1) is 9.33. The molecule has 19 heavy (non-hydrogen) atoms. The highest BCUT2D eigenvalue weighted by molar-refractivity contribution is 5.39. The van der Waals surface area contributed by atoms with E-state index in [0.29, 0.717) is 6.54 Å². The van der Waals surface area contributed by atoms with E-state index in [0.717, 1.165) is 23.6 Å². The minimum Gasteiger partial charge on any atom is -0.493 e. The lowest BCUT2D eigenvalue weighted by atomic mass is 10.3. The number of aromatic nitrogens is 1. The van der Waals surface area contributed by atoms with E-state index in [1.807, 2.05) is 41.5 Å². The average molecular weight is 258 g/mol. The van der Waals surface area contributed by atoms with Gasteiger partial charge in [-0.2, -0.15) is 0 Å². The Balaban J connectivity index is 2.07. The third-order valence-electron chi connectivity index (χ3n) is 2.76. The van der Waals surface area contributed by atoms with Crippen LogP contribution in [0.3, 0.4) is 0 Å². The first-order valence-electron chi connectivity index (χ1n) is 6.28. The molecule has 0 amide bonds. The Morgan fingerprint density at radius 2 is 1.74 bits per heavy atom. The lowest BCUT2D eigenvalue weighted by Crippen LogP contribution is -2.26. The van der Waals surface area contributed by atoms with Gasteiger partial charge >= 0.3 is 0 Å². The molecule has 1 aromatic carbocycles. The van der Waals surface area contributed by atoms with Crippen molar-refractivity contribution >= 4 is 0 Å². The highest BCUT2D eigenvalue weighted by Gasteiger charge is 2.09. The molecule has 100 valence electrons. The normalized spacial score (nSPS) is 10.5. The van der Waals surface area contributed by atoms with E-state index in [-0.39, 0.29) is 0 Å². The Kier molecular flexibility index (Phi) is 4.75. The molecule has 0 aliphatic carbocycles. The van der Waals surface area contributed by atoms with Crippen LogP contribution in [0.15, 0.2) is 48.8 Å². The Hall–Kier alpha value is -2.07. The highest BCUT2D eigenvalue weighted by Crippen LogP contribution is 2.26. The predicted molar refractivity (Wildman–Crippen MR) is 73.9 cm³/mol. The predicted octanol–water partition coefficient (Wildman–Crippen LogP) is 2.91. The van der Waals surface area contributed by atoms with Crippen LogP contribution in [0.5, 0.6) is 11.5 Å². The maximum Gasteiger partial charge on any atom is 0.189 e. The molecule has 0 N–H and O–H groups in total. The summed E-state index contributed by atoms with van der Waals surface area (Å²) in [6.45, 7) is 3.54. The van der Waals surface area contributed by atoms with Crippen molar-refractivity contribution in [3.05, 3.63) is 54.4 Å². The lowest BCUT2D eigenvalue weighted by molar-refractivity contribution is -0.0640. The fraction of sp³-hybridized carbons (Fsp3) is 0.267. The van der Waals surface area contributed by atoms with Crippen molar-refractivity contribution in [2.75, 3.05) is 13.7 Å². The summed E-state index contributed by atoms with van der Waals surface area (Å²) in [6, 6.07) is 11.6. The van der Waals surface area contributed by atoms with E-state index in [1.165, 1.54) is 0 Å². The van der Waals surface area contributed by atoms with Gasteiger partial charge in [-0.3, -0.25) is 4.98 Å². The summed E-state index contributed by atoms with van der Waals surface area (Å²) in [5.74, 6) is 1.46. The molecule has 0 aliphatic rings. The van der Waals surface area contributed by atoms with Crippen LogP contribution in [0.1, 0.15) is 12.5 Å². The minimum absolute atomic E-state index is 0.705. The fourth-order valence-corrected chi connectivity index (χ4v) is 1.73. The largest absolute Gasteiger partial charge is 0.493 e. The van der Waals surface area contributed by atoms with E-state index >= 15 is 0 Å². The molecule has 0 saturated heterocycles. The number of nitrogens with zero attached hydrogens (tertiary/aromatic N) is 2. The van der Waals surface area contributed by atoms with Gasteiger partial charge in [0.1, 0.15) is 0 Å². The number of hydrogen-bond acceptors (Lipinski definition) is 4. The van der Waals surface area contributed by atoms with Crippen LogP contribution < -0.4 is 9.57 Å². The van der Waals surface area contributed by atoms with E-state index in [2.05, 4.69) is 11.9 Å². The van der Waals surface area contributed by atoms with Crippen molar-refractivity contribution in [1.29, 1.82) is 0 Å². The standard InChI is InChI=1S/C15H18N2O2/c1-3-17(12-13-8-10-16-11-9-13)19-15-7-5-4-6-14(15)18-2/h4-11H,3,12H2,1-2H3. The third-order valence-corrected chi connectivity index (χ3v) is 2.76. The maximum atomic E-state index is 5.88. The van der Waals surface area contributed by atoms with Gasteiger partial charge in [0.05, 0.1) is 13.7 Å². The van der Waals surface area contributed by atoms with Gasteiger partial charge < -0.3 is 9.57 Å². The first-order valence-corrected chi connectivity index (χ1v) is 6.28. The number of pyridine rings is 1. The number of methoxy groups -OCH3 is 1. The van der Waals surface area contributed by atoms with Gasteiger partial charge in [0, 0.05) is 18.9 Å². The minimum atomic E-state index is 0.705. The molecule has 0 aliphatic heterocycles. The summed E-state index contributed by atoms with van der Waals surface area (Å²) < 4.78 is 5.28. The molecular weight excluding hydrogens is 240 g/mol. The number of ether oxygens (including phenoxy) is 1. The number of para-hydroxylation sites is 2. The Morgan fingerprint density at radius 1 is 1.05 bits per heavy atom. The van der Waals surface area contributed by atoms with Gasteiger partial charge in [0.15, 0.2) is 11.5 Å². The van der Waals surface area contributed by atoms with E-state index in [1.54, 1.807) is 19.5 Å². The summed E-state index contributed by atoms with van der Waals surface area (Å²) in [6.07, 6.45) is 3.57. The van der Waals surface area contributed by atoms with Crippen molar-refractivity contribution < 1.29 is 9.57 Å². The molecule has 4 heteroatoms. The average Bonchev–Trinajstić information content (AvgIpc) is 2.48. The molecule has 0 fully saturated rings. The second kappa shape index (κ2) is 6.75. The molecule has 1 heterocycles. The monoisotopic (exact) mass is 258 g/mol. The number of benzene rings is 1. The van der Waals surface area contributed by atoms with Gasteiger partial charge in [0.25, 0.3) is 0 Å². The Bertz CT molecular complexity index is 503. The molecule has 0 spiro atoms. The first kappa shape index (κ1) is 13.4. The molecule has 0 unspecified atom stereocenters. The topological polar surface area (TPSA) is 34.6 Å². The Morgan fingerprint density at radius 3 is 2.37 bits per heavy atom. The van der Waals surface area contributed by atoms with Crippen LogP contribution in [-0.4, -0.2) is 23.7 Å². The van der Waals surface area contributed by atoms with Crippen LogP contribution in [0.2, 0.25) is 0 Å². The molecule has 0 atom stereocenters. The van der Waals surface area contributed by atoms with E-state index in [4.69, 9.17) is 9.57 Å². The van der Waals surface area contributed by atoms with Crippen molar-refractivity contribution in [1.82, 2.24) is 10.0 Å². The quantitative estimate of drug-likeness (QED) is 0.746. The summed E-state index contributed by atoms with van der Waals surface area (Å²) in [4.78, 5) is 9.89. The van der Waals surface area contributed by atoms with Crippen molar-refractivity contribution in [3.63, 3.8) is 0 Å². The molecule has 2 aromatic rings. The van der Waals surface area contributed by atoms with E-state index < -0.39 is 0 Å². The molecule has 0 bridgehead atoms. The third kappa shape index (κ3) is 3.69. The maximum absolute atomic E-state index is 5.88. The molecular formula is C15H18N2O2. The summed E-state index contributed by atoms with van der Waals surface area (Å²) >= 11 is 0. The Labute approximate surface area is 113 Å². The zero-order valence-corrected chi connectivity index (χ0v) is 11.2. The van der Waals surface area contributed by atoms with E-state index in [9.17, 15) is 0 Å². The van der Waals surface area contributed by atoms with Crippen molar-refractivity contribution in [3.8, 4) is 11.5 Å². The smallest absolute Gasteiger partial charge is 0.189 e. The van der Waals surface area contributed by atoms with Crippen LogP contribution in [0.4, 0.5) is 0 Å². The number of hydroxylamine groups is 2. The van der Waals surface area contributed by atoms with Crippen molar-refractivity contribution in [2.45, 2.75) is 13.5 Å². The van der Waals surface area contributed by atoms with Crippen LogP contribution in [-0.2, 0) is 6.54 Å². The SMILES string of the molecule is CCN(Cc1ccncc1)Oc1ccccc1OC. The van der Waals surface area contributed by atoms with Gasteiger partial charge in [-0.15, -0.1) is 5.06 Å². The summed E-state index contributed by atoms with van der Waals surface area (Å²) in [7, 11) is 1.64. The van der Waals surface area contributed by atoms with Gasteiger partial charge in [-0.1, -0.05) is 12.1 Å². The molecule has 1 aromatic heterocycles. The number of hydrogen-bond donors (Lipinski definition) is 0. The molecule has 4 nitrogen and oxygen atoms in total. The fourth-order valence-electron chi connectivity index (χ4n) is 1.73.